The number of carbonyl (C=O) groups excluding carboxylic acids is 2. The second-order valence-corrected chi connectivity index (χ2v) is 8.52. The van der Waals surface area contributed by atoms with Gasteiger partial charge in [-0.3, -0.25) is 9.59 Å². The second kappa shape index (κ2) is 10.4. The predicted octanol–water partition coefficient (Wildman–Crippen LogP) is 4.25. The minimum atomic E-state index is -0.236. The van der Waals surface area contributed by atoms with Crippen LogP contribution >= 0.6 is 27.3 Å². The molecule has 0 aliphatic heterocycles. The lowest BCUT2D eigenvalue weighted by atomic mass is 10.1. The van der Waals surface area contributed by atoms with Gasteiger partial charge < -0.3 is 15.0 Å². The van der Waals surface area contributed by atoms with Crippen molar-refractivity contribution < 1.29 is 14.3 Å². The summed E-state index contributed by atoms with van der Waals surface area (Å²) >= 11 is 4.93. The lowest BCUT2D eigenvalue weighted by molar-refractivity contribution is -0.131. The Kier molecular flexibility index (Phi) is 8.22. The average molecular weight is 451 g/mol. The number of nitrogens with zero attached hydrogens (tertiary/aromatic N) is 1. The number of thiophene rings is 1. The molecule has 7 heteroatoms. The van der Waals surface area contributed by atoms with Crippen LogP contribution in [-0.2, 0) is 14.3 Å². The first-order valence-corrected chi connectivity index (χ1v) is 10.1. The number of aryl methyl sites for hydroxylation is 1. The Labute approximate surface area is 172 Å². The van der Waals surface area contributed by atoms with Crippen LogP contribution in [0.2, 0.25) is 0 Å². The van der Waals surface area contributed by atoms with Crippen LogP contribution in [-0.4, -0.2) is 43.5 Å². The molecule has 0 spiro atoms. The summed E-state index contributed by atoms with van der Waals surface area (Å²) in [7, 11) is 1.57. The molecule has 1 aromatic carbocycles. The van der Waals surface area contributed by atoms with E-state index >= 15 is 0 Å². The van der Waals surface area contributed by atoms with Gasteiger partial charge in [0.25, 0.3) is 0 Å². The maximum atomic E-state index is 12.5. The predicted molar refractivity (Wildman–Crippen MR) is 114 cm³/mol. The van der Waals surface area contributed by atoms with Gasteiger partial charge in [0, 0.05) is 30.3 Å². The van der Waals surface area contributed by atoms with Gasteiger partial charge in [0.15, 0.2) is 0 Å². The Morgan fingerprint density at radius 1 is 1.26 bits per heavy atom. The third-order valence-electron chi connectivity index (χ3n) is 4.07. The zero-order valence-corrected chi connectivity index (χ0v) is 18.0. The van der Waals surface area contributed by atoms with Crippen molar-refractivity contribution in [2.75, 3.05) is 32.1 Å². The van der Waals surface area contributed by atoms with Crippen LogP contribution in [0.4, 0.5) is 5.69 Å². The summed E-state index contributed by atoms with van der Waals surface area (Å²) in [5.41, 5.74) is 2.88. The summed E-state index contributed by atoms with van der Waals surface area (Å²) in [6, 6.07) is 9.59. The van der Waals surface area contributed by atoms with Crippen molar-refractivity contribution in [2.45, 2.75) is 13.8 Å². The molecule has 1 heterocycles. The van der Waals surface area contributed by atoms with Crippen LogP contribution in [0.25, 0.3) is 6.08 Å². The van der Waals surface area contributed by atoms with Gasteiger partial charge in [-0.15, -0.1) is 11.3 Å². The van der Waals surface area contributed by atoms with Crippen LogP contribution < -0.4 is 5.32 Å². The van der Waals surface area contributed by atoms with E-state index in [2.05, 4.69) is 21.2 Å². The summed E-state index contributed by atoms with van der Waals surface area (Å²) < 4.78 is 6.07. The third kappa shape index (κ3) is 6.61. The van der Waals surface area contributed by atoms with Gasteiger partial charge in [0.05, 0.1) is 10.4 Å². The Balaban J connectivity index is 2.03. The fourth-order valence-corrected chi connectivity index (χ4v) is 3.72. The van der Waals surface area contributed by atoms with Crippen LogP contribution in [0, 0.1) is 13.8 Å². The van der Waals surface area contributed by atoms with Crippen LogP contribution in [0.1, 0.15) is 16.0 Å². The normalized spacial score (nSPS) is 11.0. The minimum Gasteiger partial charge on any atom is -0.383 e. The average Bonchev–Trinajstić information content (AvgIpc) is 3.05. The summed E-state index contributed by atoms with van der Waals surface area (Å²) in [6.07, 6.45) is 3.24. The lowest BCUT2D eigenvalue weighted by Crippen LogP contribution is -2.39. The van der Waals surface area contributed by atoms with E-state index in [9.17, 15) is 9.59 Å². The number of methoxy groups -OCH3 is 1. The van der Waals surface area contributed by atoms with E-state index in [1.807, 2.05) is 44.2 Å². The fourth-order valence-electron chi connectivity index (χ4n) is 2.39. The molecule has 144 valence electrons. The van der Waals surface area contributed by atoms with Gasteiger partial charge in [-0.2, -0.15) is 0 Å². The minimum absolute atomic E-state index is 0.0337. The van der Waals surface area contributed by atoms with Crippen molar-refractivity contribution in [3.63, 3.8) is 0 Å². The first-order valence-electron chi connectivity index (χ1n) is 8.48. The van der Waals surface area contributed by atoms with E-state index in [1.54, 1.807) is 13.2 Å². The van der Waals surface area contributed by atoms with Gasteiger partial charge in [0.2, 0.25) is 11.8 Å². The molecule has 0 atom stereocenters. The molecule has 0 saturated heterocycles. The zero-order chi connectivity index (χ0) is 19.8. The van der Waals surface area contributed by atoms with E-state index in [0.29, 0.717) is 13.2 Å². The Hall–Kier alpha value is -1.96. The molecule has 0 aliphatic rings. The molecule has 27 heavy (non-hydrogen) atoms. The Morgan fingerprint density at radius 3 is 2.70 bits per heavy atom. The van der Waals surface area contributed by atoms with Gasteiger partial charge in [0.1, 0.15) is 6.54 Å². The van der Waals surface area contributed by atoms with Crippen molar-refractivity contribution in [2.24, 2.45) is 0 Å². The molecular formula is C20H23BrN2O3S. The van der Waals surface area contributed by atoms with Gasteiger partial charge in [-0.05, 0) is 65.2 Å². The maximum Gasteiger partial charge on any atom is 0.247 e. The number of anilines is 1. The van der Waals surface area contributed by atoms with Crippen LogP contribution in [0.3, 0.4) is 0 Å². The molecular weight excluding hydrogens is 428 g/mol. The largest absolute Gasteiger partial charge is 0.383 e. The number of carbonyl (C=O) groups is 2. The van der Waals surface area contributed by atoms with Crippen molar-refractivity contribution in [1.29, 1.82) is 0 Å². The number of nitrogens with one attached hydrogen (secondary N) is 1. The van der Waals surface area contributed by atoms with Crippen LogP contribution in [0.5, 0.6) is 0 Å². The lowest BCUT2D eigenvalue weighted by Gasteiger charge is -2.21. The molecule has 2 rings (SSSR count). The highest BCUT2D eigenvalue weighted by Gasteiger charge is 2.16. The van der Waals surface area contributed by atoms with Crippen LogP contribution in [0.15, 0.2) is 40.2 Å². The van der Waals surface area contributed by atoms with Gasteiger partial charge in [-0.25, -0.2) is 0 Å². The Morgan fingerprint density at radius 2 is 2.04 bits per heavy atom. The molecule has 0 radical (unpaired) electrons. The first-order chi connectivity index (χ1) is 12.9. The molecule has 5 nitrogen and oxygen atoms in total. The number of hydrogen-bond donors (Lipinski definition) is 1. The molecule has 2 amide bonds. The van der Waals surface area contributed by atoms with E-state index in [4.69, 9.17) is 4.74 Å². The smallest absolute Gasteiger partial charge is 0.247 e. The van der Waals surface area contributed by atoms with Crippen molar-refractivity contribution >= 4 is 50.8 Å². The Bertz CT molecular complexity index is 832. The summed E-state index contributed by atoms with van der Waals surface area (Å²) in [5, 5.41) is 2.89. The molecule has 0 aliphatic carbocycles. The quantitative estimate of drug-likeness (QED) is 0.611. The van der Waals surface area contributed by atoms with E-state index in [1.165, 1.54) is 22.3 Å². The number of ether oxygens (including phenoxy) is 1. The topological polar surface area (TPSA) is 58.6 Å². The summed E-state index contributed by atoms with van der Waals surface area (Å²) in [6.45, 7) is 4.62. The fraction of sp³-hybridized carbons (Fsp3) is 0.300. The van der Waals surface area contributed by atoms with Crippen molar-refractivity contribution in [3.8, 4) is 0 Å². The summed E-state index contributed by atoms with van der Waals surface area (Å²) in [4.78, 5) is 27.4. The number of hydrogen-bond acceptors (Lipinski definition) is 4. The highest BCUT2D eigenvalue weighted by molar-refractivity contribution is 9.11. The highest BCUT2D eigenvalue weighted by Crippen LogP contribution is 2.23. The standard InChI is InChI=1S/C20H23BrN2O3S/c1-14-5-4-6-17(15(14)2)22-19(24)13-23(11-12-26-3)20(25)10-8-16-7-9-18(21)27-16/h4-10H,11-13H2,1-3H3,(H,22,24)/b10-8+. The molecule has 1 aromatic heterocycles. The number of halogens is 1. The molecule has 0 bridgehead atoms. The number of amides is 2. The third-order valence-corrected chi connectivity index (χ3v) is 5.66. The van der Waals surface area contributed by atoms with E-state index in [0.717, 1.165) is 25.5 Å². The van der Waals surface area contributed by atoms with E-state index < -0.39 is 0 Å². The molecule has 1 N–H and O–H groups in total. The monoisotopic (exact) mass is 450 g/mol. The highest BCUT2D eigenvalue weighted by atomic mass is 79.9. The molecule has 2 aromatic rings. The molecule has 0 unspecified atom stereocenters. The van der Waals surface area contributed by atoms with Crippen molar-refractivity contribution in [1.82, 2.24) is 4.90 Å². The maximum absolute atomic E-state index is 12.5. The number of rotatable bonds is 8. The van der Waals surface area contributed by atoms with Crippen molar-refractivity contribution in [3.05, 3.63) is 56.2 Å². The first kappa shape index (κ1) is 21.3. The SMILES string of the molecule is COCCN(CC(=O)Nc1cccc(C)c1C)C(=O)/C=C/c1ccc(Br)s1. The van der Waals surface area contributed by atoms with Gasteiger partial charge in [-0.1, -0.05) is 12.1 Å². The number of benzene rings is 1. The van der Waals surface area contributed by atoms with E-state index in [-0.39, 0.29) is 18.4 Å². The zero-order valence-electron chi connectivity index (χ0n) is 15.6. The summed E-state index contributed by atoms with van der Waals surface area (Å²) in [5.74, 6) is -0.465. The second-order valence-electron chi connectivity index (χ2n) is 6.02. The molecule has 0 fully saturated rings. The van der Waals surface area contributed by atoms with Gasteiger partial charge >= 0.3 is 0 Å². The molecule has 0 saturated carbocycles.